The van der Waals surface area contributed by atoms with Crippen molar-refractivity contribution in [2.75, 3.05) is 6.54 Å². The largest absolute Gasteiger partial charge is 0.338 e. The first-order valence-electron chi connectivity index (χ1n) is 5.35. The van der Waals surface area contributed by atoms with Crippen LogP contribution in [0.15, 0.2) is 4.52 Å². The van der Waals surface area contributed by atoms with Crippen LogP contribution in [0.5, 0.6) is 0 Å². The molecule has 0 aliphatic heterocycles. The molecule has 2 rings (SSSR count). The van der Waals surface area contributed by atoms with Gasteiger partial charge in [-0.05, 0) is 32.2 Å². The van der Waals surface area contributed by atoms with Crippen LogP contribution in [0, 0.1) is 5.92 Å². The second-order valence-electron chi connectivity index (χ2n) is 3.98. The Labute approximate surface area is 84.1 Å². The number of hydrogen-bond donors (Lipinski definition) is 1. The van der Waals surface area contributed by atoms with E-state index in [1.807, 2.05) is 6.92 Å². The maximum atomic E-state index is 5.18. The first-order valence-corrected chi connectivity index (χ1v) is 5.35. The summed E-state index contributed by atoms with van der Waals surface area (Å²) >= 11 is 0. The zero-order valence-corrected chi connectivity index (χ0v) is 8.79. The predicted octanol–water partition coefficient (Wildman–Crippen LogP) is 1.69. The summed E-state index contributed by atoms with van der Waals surface area (Å²) in [4.78, 5) is 4.37. The lowest BCUT2D eigenvalue weighted by Crippen LogP contribution is -2.17. The Hall–Kier alpha value is -0.900. The highest BCUT2D eigenvalue weighted by atomic mass is 16.5. The van der Waals surface area contributed by atoms with E-state index in [-0.39, 0.29) is 6.04 Å². The van der Waals surface area contributed by atoms with Gasteiger partial charge in [0.25, 0.3) is 0 Å². The molecule has 78 valence electrons. The van der Waals surface area contributed by atoms with Gasteiger partial charge in [0.1, 0.15) is 0 Å². The van der Waals surface area contributed by atoms with Gasteiger partial charge >= 0.3 is 0 Å². The molecular weight excluding hydrogens is 178 g/mol. The Kier molecular flexibility index (Phi) is 2.82. The summed E-state index contributed by atoms with van der Waals surface area (Å²) in [5.41, 5.74) is 0. The first-order chi connectivity index (χ1) is 6.79. The standard InChI is InChI=1S/C10H17N3O/c1-3-11-7(2)10-12-9(13-14-10)6-8-4-5-8/h7-8,11H,3-6H2,1-2H3. The fourth-order valence-corrected chi connectivity index (χ4v) is 1.50. The second-order valence-corrected chi connectivity index (χ2v) is 3.98. The van der Waals surface area contributed by atoms with Crippen molar-refractivity contribution in [2.45, 2.75) is 39.2 Å². The Morgan fingerprint density at radius 2 is 2.36 bits per heavy atom. The van der Waals surface area contributed by atoms with Gasteiger partial charge in [-0.3, -0.25) is 0 Å². The molecule has 0 saturated heterocycles. The van der Waals surface area contributed by atoms with Crippen LogP contribution in [0.3, 0.4) is 0 Å². The van der Waals surface area contributed by atoms with Crippen LogP contribution in [0.1, 0.15) is 44.4 Å². The summed E-state index contributed by atoms with van der Waals surface area (Å²) in [5, 5.41) is 7.22. The number of nitrogens with zero attached hydrogens (tertiary/aromatic N) is 2. The molecular formula is C10H17N3O. The number of aromatic nitrogens is 2. The number of hydrogen-bond acceptors (Lipinski definition) is 4. The quantitative estimate of drug-likeness (QED) is 0.776. The van der Waals surface area contributed by atoms with E-state index >= 15 is 0 Å². The Morgan fingerprint density at radius 3 is 3.00 bits per heavy atom. The lowest BCUT2D eigenvalue weighted by atomic mass is 10.3. The average molecular weight is 195 g/mol. The summed E-state index contributed by atoms with van der Waals surface area (Å²) < 4.78 is 5.18. The van der Waals surface area contributed by atoms with Crippen molar-refractivity contribution in [1.29, 1.82) is 0 Å². The summed E-state index contributed by atoms with van der Waals surface area (Å²) in [6.07, 6.45) is 3.64. The lowest BCUT2D eigenvalue weighted by Gasteiger charge is -2.04. The van der Waals surface area contributed by atoms with E-state index in [0.717, 1.165) is 24.7 Å². The molecule has 1 N–H and O–H groups in total. The van der Waals surface area contributed by atoms with E-state index in [1.165, 1.54) is 12.8 Å². The van der Waals surface area contributed by atoms with Crippen LogP contribution in [0.25, 0.3) is 0 Å². The van der Waals surface area contributed by atoms with Crippen LogP contribution in [0.2, 0.25) is 0 Å². The maximum absolute atomic E-state index is 5.18. The third-order valence-corrected chi connectivity index (χ3v) is 2.53. The minimum absolute atomic E-state index is 0.167. The molecule has 0 spiro atoms. The predicted molar refractivity (Wildman–Crippen MR) is 52.8 cm³/mol. The molecule has 1 unspecified atom stereocenters. The topological polar surface area (TPSA) is 51.0 Å². The molecule has 0 bridgehead atoms. The maximum Gasteiger partial charge on any atom is 0.243 e. The zero-order chi connectivity index (χ0) is 9.97. The van der Waals surface area contributed by atoms with Gasteiger partial charge in [0.2, 0.25) is 5.89 Å². The van der Waals surface area contributed by atoms with Gasteiger partial charge in [-0.1, -0.05) is 12.1 Å². The van der Waals surface area contributed by atoms with E-state index in [9.17, 15) is 0 Å². The summed E-state index contributed by atoms with van der Waals surface area (Å²) in [5.74, 6) is 2.39. The van der Waals surface area contributed by atoms with Crippen LogP contribution in [-0.4, -0.2) is 16.7 Å². The molecule has 4 nitrogen and oxygen atoms in total. The van der Waals surface area contributed by atoms with Gasteiger partial charge in [0.05, 0.1) is 6.04 Å². The third kappa shape index (κ3) is 2.32. The molecule has 1 heterocycles. The van der Waals surface area contributed by atoms with Crippen LogP contribution >= 0.6 is 0 Å². The van der Waals surface area contributed by atoms with Crippen molar-refractivity contribution in [3.8, 4) is 0 Å². The lowest BCUT2D eigenvalue weighted by molar-refractivity contribution is 0.338. The van der Waals surface area contributed by atoms with Gasteiger partial charge < -0.3 is 9.84 Å². The van der Waals surface area contributed by atoms with Gasteiger partial charge in [0, 0.05) is 6.42 Å². The van der Waals surface area contributed by atoms with E-state index in [2.05, 4.69) is 22.4 Å². The fourth-order valence-electron chi connectivity index (χ4n) is 1.50. The summed E-state index contributed by atoms with van der Waals surface area (Å²) in [7, 11) is 0. The van der Waals surface area contributed by atoms with Crippen molar-refractivity contribution in [3.05, 3.63) is 11.7 Å². The smallest absolute Gasteiger partial charge is 0.243 e. The zero-order valence-electron chi connectivity index (χ0n) is 8.79. The minimum Gasteiger partial charge on any atom is -0.338 e. The molecule has 1 aromatic heterocycles. The average Bonchev–Trinajstić information content (AvgIpc) is 2.82. The molecule has 1 fully saturated rings. The molecule has 0 aromatic carbocycles. The molecule has 1 atom stereocenters. The highest BCUT2D eigenvalue weighted by Crippen LogP contribution is 2.31. The summed E-state index contributed by atoms with van der Waals surface area (Å²) in [6, 6.07) is 0.167. The van der Waals surface area contributed by atoms with Crippen LogP contribution in [0.4, 0.5) is 0 Å². The third-order valence-electron chi connectivity index (χ3n) is 2.53. The van der Waals surface area contributed by atoms with Crippen molar-refractivity contribution in [2.24, 2.45) is 5.92 Å². The Balaban J connectivity index is 1.93. The van der Waals surface area contributed by atoms with Crippen molar-refractivity contribution < 1.29 is 4.52 Å². The minimum atomic E-state index is 0.167. The van der Waals surface area contributed by atoms with E-state index in [0.29, 0.717) is 5.89 Å². The molecule has 1 aromatic rings. The SMILES string of the molecule is CCNC(C)c1nc(CC2CC2)no1. The van der Waals surface area contributed by atoms with Crippen molar-refractivity contribution >= 4 is 0 Å². The van der Waals surface area contributed by atoms with Gasteiger partial charge in [-0.25, -0.2) is 0 Å². The number of nitrogens with one attached hydrogen (secondary N) is 1. The normalized spacial score (nSPS) is 18.4. The molecule has 1 aliphatic carbocycles. The molecule has 4 heteroatoms. The van der Waals surface area contributed by atoms with Crippen molar-refractivity contribution in [1.82, 2.24) is 15.5 Å². The van der Waals surface area contributed by atoms with Gasteiger partial charge in [0.15, 0.2) is 5.82 Å². The number of rotatable bonds is 5. The van der Waals surface area contributed by atoms with Gasteiger partial charge in [-0.2, -0.15) is 4.98 Å². The monoisotopic (exact) mass is 195 g/mol. The van der Waals surface area contributed by atoms with E-state index in [1.54, 1.807) is 0 Å². The van der Waals surface area contributed by atoms with Crippen LogP contribution < -0.4 is 5.32 Å². The molecule has 0 radical (unpaired) electrons. The van der Waals surface area contributed by atoms with E-state index < -0.39 is 0 Å². The molecule has 1 aliphatic rings. The highest BCUT2D eigenvalue weighted by Gasteiger charge is 2.24. The Bertz CT molecular complexity index is 293. The fraction of sp³-hybridized carbons (Fsp3) is 0.800. The summed E-state index contributed by atoms with van der Waals surface area (Å²) in [6.45, 7) is 5.03. The second kappa shape index (κ2) is 4.09. The molecule has 14 heavy (non-hydrogen) atoms. The van der Waals surface area contributed by atoms with Gasteiger partial charge in [-0.15, -0.1) is 0 Å². The highest BCUT2D eigenvalue weighted by molar-refractivity contribution is 4.94. The van der Waals surface area contributed by atoms with Crippen molar-refractivity contribution in [3.63, 3.8) is 0 Å². The first kappa shape index (κ1) is 9.65. The molecule has 0 amide bonds. The van der Waals surface area contributed by atoms with E-state index in [4.69, 9.17) is 4.52 Å². The van der Waals surface area contributed by atoms with Crippen LogP contribution in [-0.2, 0) is 6.42 Å². The Morgan fingerprint density at radius 1 is 1.57 bits per heavy atom. The molecule has 1 saturated carbocycles.